The van der Waals surface area contributed by atoms with Gasteiger partial charge >= 0.3 is 0 Å². The van der Waals surface area contributed by atoms with Crippen LogP contribution in [0.25, 0.3) is 0 Å². The number of carbonyl (C=O) groups is 3. The zero-order chi connectivity index (χ0) is 17.3. The minimum Gasteiger partial charge on any atom is -0.369 e. The first-order valence-electron chi connectivity index (χ1n) is 8.15. The van der Waals surface area contributed by atoms with Crippen molar-refractivity contribution in [2.75, 3.05) is 26.2 Å². The SMILES string of the molecule is NC(=O)CN1CCC[C@@H](C(=O)N2CCc3sc(C(N)=O)cc3C2)C1. The second-order valence-corrected chi connectivity index (χ2v) is 7.61. The molecule has 2 aliphatic rings. The molecular formula is C16H22N4O3S. The summed E-state index contributed by atoms with van der Waals surface area (Å²) in [7, 11) is 0. The van der Waals surface area contributed by atoms with Gasteiger partial charge in [-0.05, 0) is 37.4 Å². The van der Waals surface area contributed by atoms with Crippen molar-refractivity contribution in [1.82, 2.24) is 9.80 Å². The van der Waals surface area contributed by atoms with Gasteiger partial charge < -0.3 is 16.4 Å². The fraction of sp³-hybridized carbons (Fsp3) is 0.562. The summed E-state index contributed by atoms with van der Waals surface area (Å²) in [6.45, 7) is 2.80. The molecule has 3 heterocycles. The number of carbonyl (C=O) groups excluding carboxylic acids is 3. The standard InChI is InChI=1S/C16H22N4O3S/c17-14(21)9-19-4-1-2-10(7-19)16(23)20-5-3-12-11(8-20)6-13(24-12)15(18)22/h6,10H,1-5,7-9H2,(H2,17,21)(H2,18,22)/t10-/m1/s1. The molecule has 0 unspecified atom stereocenters. The average molecular weight is 350 g/mol. The van der Waals surface area contributed by atoms with Crippen molar-refractivity contribution in [2.45, 2.75) is 25.8 Å². The number of hydrogen-bond acceptors (Lipinski definition) is 5. The first-order chi connectivity index (χ1) is 11.4. The van der Waals surface area contributed by atoms with Gasteiger partial charge in [-0.3, -0.25) is 19.3 Å². The molecule has 7 nitrogen and oxygen atoms in total. The van der Waals surface area contributed by atoms with Gasteiger partial charge in [0.25, 0.3) is 5.91 Å². The number of thiophene rings is 1. The van der Waals surface area contributed by atoms with Crippen LogP contribution in [-0.2, 0) is 22.6 Å². The van der Waals surface area contributed by atoms with Crippen LogP contribution in [-0.4, -0.2) is 53.7 Å². The quantitative estimate of drug-likeness (QED) is 0.792. The molecule has 24 heavy (non-hydrogen) atoms. The third kappa shape index (κ3) is 3.59. The second kappa shape index (κ2) is 6.90. The molecule has 3 rings (SSSR count). The molecule has 1 aromatic rings. The molecule has 0 spiro atoms. The van der Waals surface area contributed by atoms with Gasteiger partial charge in [-0.25, -0.2) is 0 Å². The number of rotatable bonds is 4. The fourth-order valence-corrected chi connectivity index (χ4v) is 4.54. The monoisotopic (exact) mass is 350 g/mol. The van der Waals surface area contributed by atoms with Gasteiger partial charge in [0, 0.05) is 24.5 Å². The average Bonchev–Trinajstić information content (AvgIpc) is 2.97. The smallest absolute Gasteiger partial charge is 0.258 e. The molecule has 8 heteroatoms. The summed E-state index contributed by atoms with van der Waals surface area (Å²) >= 11 is 1.43. The topological polar surface area (TPSA) is 110 Å². The molecule has 0 aliphatic carbocycles. The number of nitrogens with zero attached hydrogens (tertiary/aromatic N) is 2. The van der Waals surface area contributed by atoms with Gasteiger partial charge in [-0.1, -0.05) is 0 Å². The van der Waals surface area contributed by atoms with Crippen LogP contribution in [0.3, 0.4) is 0 Å². The number of hydrogen-bond donors (Lipinski definition) is 2. The third-order valence-corrected chi connectivity index (χ3v) is 5.91. The van der Waals surface area contributed by atoms with E-state index in [1.807, 2.05) is 15.9 Å². The Hall–Kier alpha value is -1.93. The molecule has 0 aromatic carbocycles. The molecule has 0 bridgehead atoms. The third-order valence-electron chi connectivity index (χ3n) is 4.66. The van der Waals surface area contributed by atoms with Crippen LogP contribution in [0.15, 0.2) is 6.07 Å². The van der Waals surface area contributed by atoms with Crippen LogP contribution in [0.1, 0.15) is 33.0 Å². The van der Waals surface area contributed by atoms with Crippen molar-refractivity contribution < 1.29 is 14.4 Å². The van der Waals surface area contributed by atoms with Crippen molar-refractivity contribution in [3.63, 3.8) is 0 Å². The summed E-state index contributed by atoms with van der Waals surface area (Å²) in [6, 6.07) is 1.81. The first-order valence-corrected chi connectivity index (χ1v) is 8.96. The van der Waals surface area contributed by atoms with E-state index in [4.69, 9.17) is 11.5 Å². The Bertz CT molecular complexity index is 672. The lowest BCUT2D eigenvalue weighted by atomic mass is 9.95. The molecule has 3 amide bonds. The lowest BCUT2D eigenvalue weighted by molar-refractivity contribution is -0.139. The van der Waals surface area contributed by atoms with Crippen LogP contribution < -0.4 is 11.5 Å². The molecule has 130 valence electrons. The summed E-state index contributed by atoms with van der Waals surface area (Å²) in [5.74, 6) is -0.736. The van der Waals surface area contributed by atoms with E-state index >= 15 is 0 Å². The molecule has 0 saturated carbocycles. The highest BCUT2D eigenvalue weighted by atomic mass is 32.1. The van der Waals surface area contributed by atoms with Crippen LogP contribution in [0.5, 0.6) is 0 Å². The predicted octanol–water partition coefficient (Wildman–Crippen LogP) is -0.0710. The van der Waals surface area contributed by atoms with Crippen LogP contribution in [0.4, 0.5) is 0 Å². The van der Waals surface area contributed by atoms with Crippen molar-refractivity contribution in [3.05, 3.63) is 21.4 Å². The molecule has 4 N–H and O–H groups in total. The Morgan fingerprint density at radius 3 is 2.75 bits per heavy atom. The van der Waals surface area contributed by atoms with E-state index in [9.17, 15) is 14.4 Å². The Morgan fingerprint density at radius 2 is 2.04 bits per heavy atom. The number of nitrogens with two attached hydrogens (primary N) is 2. The van der Waals surface area contributed by atoms with E-state index in [2.05, 4.69) is 0 Å². The van der Waals surface area contributed by atoms with E-state index in [-0.39, 0.29) is 24.3 Å². The van der Waals surface area contributed by atoms with Gasteiger partial charge in [-0.15, -0.1) is 11.3 Å². The van der Waals surface area contributed by atoms with Crippen molar-refractivity contribution in [1.29, 1.82) is 0 Å². The lowest BCUT2D eigenvalue weighted by Crippen LogP contribution is -2.47. The summed E-state index contributed by atoms with van der Waals surface area (Å²) < 4.78 is 0. The normalized spacial score (nSPS) is 21.3. The van der Waals surface area contributed by atoms with E-state index in [1.54, 1.807) is 0 Å². The van der Waals surface area contributed by atoms with Gasteiger partial charge in [-0.2, -0.15) is 0 Å². The number of amides is 3. The Balaban J connectivity index is 1.65. The van der Waals surface area contributed by atoms with Crippen LogP contribution >= 0.6 is 11.3 Å². The summed E-state index contributed by atoms with van der Waals surface area (Å²) in [5, 5.41) is 0. The van der Waals surface area contributed by atoms with Crippen molar-refractivity contribution in [2.24, 2.45) is 17.4 Å². The Labute approximate surface area is 144 Å². The van der Waals surface area contributed by atoms with Crippen molar-refractivity contribution >= 4 is 29.1 Å². The number of fused-ring (bicyclic) bond motifs is 1. The van der Waals surface area contributed by atoms with Gasteiger partial charge in [0.15, 0.2) is 0 Å². The lowest BCUT2D eigenvalue weighted by Gasteiger charge is -2.35. The molecule has 1 aromatic heterocycles. The number of piperidine rings is 1. The zero-order valence-electron chi connectivity index (χ0n) is 13.5. The zero-order valence-corrected chi connectivity index (χ0v) is 14.3. The van der Waals surface area contributed by atoms with E-state index in [0.29, 0.717) is 24.5 Å². The minimum absolute atomic E-state index is 0.0890. The van der Waals surface area contributed by atoms with E-state index < -0.39 is 5.91 Å². The second-order valence-electron chi connectivity index (χ2n) is 6.47. The van der Waals surface area contributed by atoms with Crippen LogP contribution in [0, 0.1) is 5.92 Å². The molecule has 1 saturated heterocycles. The first kappa shape index (κ1) is 16.9. The van der Waals surface area contributed by atoms with Crippen LogP contribution in [0.2, 0.25) is 0 Å². The maximum atomic E-state index is 12.8. The van der Waals surface area contributed by atoms with Gasteiger partial charge in [0.05, 0.1) is 17.3 Å². The minimum atomic E-state index is -0.415. The molecular weight excluding hydrogens is 328 g/mol. The van der Waals surface area contributed by atoms with Gasteiger partial charge in [0.1, 0.15) is 0 Å². The van der Waals surface area contributed by atoms with E-state index in [0.717, 1.165) is 36.2 Å². The predicted molar refractivity (Wildman–Crippen MR) is 90.3 cm³/mol. The number of likely N-dealkylation sites (tertiary alicyclic amines) is 1. The highest BCUT2D eigenvalue weighted by Gasteiger charge is 2.32. The summed E-state index contributed by atoms with van der Waals surface area (Å²) in [6.07, 6.45) is 2.50. The molecule has 0 radical (unpaired) electrons. The number of primary amides is 2. The maximum absolute atomic E-state index is 12.8. The highest BCUT2D eigenvalue weighted by Crippen LogP contribution is 2.29. The van der Waals surface area contributed by atoms with Crippen molar-refractivity contribution in [3.8, 4) is 0 Å². The molecule has 1 fully saturated rings. The molecule has 2 aliphatic heterocycles. The highest BCUT2D eigenvalue weighted by molar-refractivity contribution is 7.14. The Kier molecular flexibility index (Phi) is 4.86. The fourth-order valence-electron chi connectivity index (χ4n) is 3.52. The Morgan fingerprint density at radius 1 is 1.25 bits per heavy atom. The largest absolute Gasteiger partial charge is 0.369 e. The summed E-state index contributed by atoms with van der Waals surface area (Å²) in [4.78, 5) is 40.8. The van der Waals surface area contributed by atoms with E-state index in [1.165, 1.54) is 11.3 Å². The molecule has 1 atom stereocenters. The maximum Gasteiger partial charge on any atom is 0.258 e. The van der Waals surface area contributed by atoms with Gasteiger partial charge in [0.2, 0.25) is 11.8 Å². The summed E-state index contributed by atoms with van der Waals surface area (Å²) in [5.41, 5.74) is 11.6.